The van der Waals surface area contributed by atoms with Crippen LogP contribution in [0.25, 0.3) is 0 Å². The van der Waals surface area contributed by atoms with E-state index >= 15 is 0 Å². The molecule has 0 aromatic carbocycles. The average Bonchev–Trinajstić information content (AvgIpc) is 2.68. The van der Waals surface area contributed by atoms with Gasteiger partial charge in [0.25, 0.3) is 0 Å². The zero-order valence-corrected chi connectivity index (χ0v) is 22.8. The first-order chi connectivity index (χ1) is 14.7. The van der Waals surface area contributed by atoms with E-state index in [2.05, 4.69) is 77.7 Å². The Labute approximate surface area is 198 Å². The van der Waals surface area contributed by atoms with Crippen molar-refractivity contribution in [1.82, 2.24) is 5.32 Å². The summed E-state index contributed by atoms with van der Waals surface area (Å²) in [6.45, 7) is 28.3. The third-order valence-corrected chi connectivity index (χ3v) is 3.86. The van der Waals surface area contributed by atoms with Crippen molar-refractivity contribution in [1.29, 1.82) is 0 Å². The van der Waals surface area contributed by atoms with Gasteiger partial charge >= 0.3 is 0 Å². The Morgan fingerprint density at radius 1 is 1.06 bits per heavy atom. The molecule has 0 aromatic heterocycles. The van der Waals surface area contributed by atoms with Crippen molar-refractivity contribution in [2.75, 3.05) is 20.6 Å². The predicted octanol–water partition coefficient (Wildman–Crippen LogP) is 7.86. The largest absolute Gasteiger partial charge is 0.405 e. The van der Waals surface area contributed by atoms with E-state index in [1.165, 1.54) is 70.2 Å². The van der Waals surface area contributed by atoms with Crippen molar-refractivity contribution in [2.45, 2.75) is 92.9 Å². The van der Waals surface area contributed by atoms with E-state index in [1.807, 2.05) is 20.0 Å². The van der Waals surface area contributed by atoms with Gasteiger partial charge in [-0.25, -0.2) is 0 Å². The van der Waals surface area contributed by atoms with Gasteiger partial charge in [-0.15, -0.1) is 6.58 Å². The molecule has 31 heavy (non-hydrogen) atoms. The first-order valence-corrected chi connectivity index (χ1v) is 12.2. The maximum Gasteiger partial charge on any atom is -0.00519 e. The fourth-order valence-electron chi connectivity index (χ4n) is 2.44. The quantitative estimate of drug-likeness (QED) is 0.194. The lowest BCUT2D eigenvalue weighted by molar-refractivity contribution is 0.257. The van der Waals surface area contributed by atoms with Gasteiger partial charge in [0.1, 0.15) is 0 Å². The van der Waals surface area contributed by atoms with Crippen LogP contribution >= 0.6 is 0 Å². The Morgan fingerprint density at radius 2 is 1.45 bits per heavy atom. The molecule has 188 valence electrons. The Morgan fingerprint density at radius 3 is 1.71 bits per heavy atom. The van der Waals surface area contributed by atoms with Crippen LogP contribution in [0.2, 0.25) is 0 Å². The molecule has 3 heteroatoms. The highest BCUT2D eigenvalue weighted by molar-refractivity contribution is 5.15. The van der Waals surface area contributed by atoms with Crippen LogP contribution in [0, 0.1) is 17.8 Å². The highest BCUT2D eigenvalue weighted by Gasteiger charge is 2.22. The van der Waals surface area contributed by atoms with Crippen LogP contribution in [0.5, 0.6) is 0 Å². The van der Waals surface area contributed by atoms with Crippen LogP contribution in [0.15, 0.2) is 50.2 Å². The lowest BCUT2D eigenvalue weighted by Crippen LogP contribution is -2.17. The van der Waals surface area contributed by atoms with Gasteiger partial charge in [0.2, 0.25) is 0 Å². The summed E-state index contributed by atoms with van der Waals surface area (Å²) in [6, 6.07) is 0. The van der Waals surface area contributed by atoms with Gasteiger partial charge in [-0.3, -0.25) is 0 Å². The number of nitrogens with two attached hydrogens (primary N) is 2. The monoisotopic (exact) mass is 439 g/mol. The number of hydrogen-bond acceptors (Lipinski definition) is 3. The zero-order chi connectivity index (χ0) is 25.5. The van der Waals surface area contributed by atoms with Crippen molar-refractivity contribution >= 4 is 0 Å². The minimum Gasteiger partial charge on any atom is -0.405 e. The molecule has 0 bridgehead atoms. The fraction of sp³-hybridized carbons (Fsp3) is 0.714. The third-order valence-electron chi connectivity index (χ3n) is 3.86. The Hall–Kier alpha value is -1.32. The van der Waals surface area contributed by atoms with E-state index in [4.69, 9.17) is 0 Å². The molecule has 0 heterocycles. The predicted molar refractivity (Wildman–Crippen MR) is 149 cm³/mol. The summed E-state index contributed by atoms with van der Waals surface area (Å²) in [4.78, 5) is 0. The molecule has 1 atom stereocenters. The molecule has 5 N–H and O–H groups in total. The van der Waals surface area contributed by atoms with E-state index in [9.17, 15) is 0 Å². The summed E-state index contributed by atoms with van der Waals surface area (Å²) < 4.78 is 0. The summed E-state index contributed by atoms with van der Waals surface area (Å²) >= 11 is 0. The van der Waals surface area contributed by atoms with Crippen molar-refractivity contribution in [3.8, 4) is 0 Å². The molecule has 3 nitrogen and oxygen atoms in total. The second-order valence-corrected chi connectivity index (χ2v) is 8.19. The molecule has 1 rings (SSSR count). The summed E-state index contributed by atoms with van der Waals surface area (Å²) in [5.41, 5.74) is 10.4. The van der Waals surface area contributed by atoms with Crippen molar-refractivity contribution in [2.24, 2.45) is 29.2 Å². The van der Waals surface area contributed by atoms with E-state index in [0.717, 1.165) is 18.4 Å². The standard InChI is InChI=1S/C15H27N.C4H10.C3H8.C3H6.C2H5N.CH5N/c1-4-13(2)15(10-5-6-11-16-3)12-14-8-7-9-14;1-4(2)3;2*1-3-2;1-2-3;1-2/h4,14-16H,1-2,5-12H2,3H3;4H,1-3H3;3H2,1-2H3;3H,1H2,2H3;2H,1,3H2;2H2,1H3. The van der Waals surface area contributed by atoms with Crippen molar-refractivity contribution in [3.05, 3.63) is 50.2 Å². The first kappa shape index (κ1) is 40.1. The number of hydrogen-bond donors (Lipinski definition) is 3. The Kier molecular flexibility index (Phi) is 50.7. The second-order valence-electron chi connectivity index (χ2n) is 8.19. The topological polar surface area (TPSA) is 64.1 Å². The van der Waals surface area contributed by atoms with Crippen LogP contribution in [0.3, 0.4) is 0 Å². The molecule has 0 aliphatic heterocycles. The van der Waals surface area contributed by atoms with Gasteiger partial charge < -0.3 is 16.8 Å². The molecule has 1 fully saturated rings. The lowest BCUT2D eigenvalue weighted by atomic mass is 9.76. The van der Waals surface area contributed by atoms with Crippen LogP contribution in [0.1, 0.15) is 92.9 Å². The minimum absolute atomic E-state index is 0.694. The van der Waals surface area contributed by atoms with Crippen LogP contribution < -0.4 is 16.8 Å². The summed E-state index contributed by atoms with van der Waals surface area (Å²) in [6.07, 6.45) is 15.8. The molecule has 1 aliphatic rings. The summed E-state index contributed by atoms with van der Waals surface area (Å²) in [7, 11) is 3.52. The normalized spacial score (nSPS) is 11.9. The van der Waals surface area contributed by atoms with Crippen molar-refractivity contribution < 1.29 is 0 Å². The van der Waals surface area contributed by atoms with E-state index in [-0.39, 0.29) is 0 Å². The summed E-state index contributed by atoms with van der Waals surface area (Å²) in [5.74, 6) is 2.51. The van der Waals surface area contributed by atoms with Gasteiger partial charge in [-0.1, -0.05) is 104 Å². The van der Waals surface area contributed by atoms with Gasteiger partial charge in [-0.2, -0.15) is 0 Å². The smallest absolute Gasteiger partial charge is 0.00519 e. The molecule has 1 aliphatic carbocycles. The average molecular weight is 440 g/mol. The van der Waals surface area contributed by atoms with E-state index < -0.39 is 0 Å². The highest BCUT2D eigenvalue weighted by Crippen LogP contribution is 2.36. The fourth-order valence-corrected chi connectivity index (χ4v) is 2.44. The number of allylic oxidation sites excluding steroid dienone is 3. The number of unbranched alkanes of at least 4 members (excludes halogenated alkanes) is 1. The number of nitrogens with one attached hydrogen (secondary N) is 1. The van der Waals surface area contributed by atoms with Gasteiger partial charge in [0.05, 0.1) is 0 Å². The Bertz CT molecular complexity index is 335. The van der Waals surface area contributed by atoms with Crippen LogP contribution in [-0.2, 0) is 0 Å². The highest BCUT2D eigenvalue weighted by atomic mass is 14.8. The number of rotatable bonds is 9. The lowest BCUT2D eigenvalue weighted by Gasteiger charge is -2.30. The minimum atomic E-state index is 0.694. The maximum atomic E-state index is 4.61. The maximum absolute atomic E-state index is 4.61. The van der Waals surface area contributed by atoms with Crippen molar-refractivity contribution in [3.63, 3.8) is 0 Å². The van der Waals surface area contributed by atoms with Gasteiger partial charge in [0.15, 0.2) is 0 Å². The van der Waals surface area contributed by atoms with Gasteiger partial charge in [-0.05, 0) is 70.8 Å². The summed E-state index contributed by atoms with van der Waals surface area (Å²) in [5, 5.41) is 3.21. The first-order valence-electron chi connectivity index (χ1n) is 12.2. The Balaban J connectivity index is -0.000000124. The van der Waals surface area contributed by atoms with Crippen LogP contribution in [0.4, 0.5) is 0 Å². The van der Waals surface area contributed by atoms with Crippen LogP contribution in [-0.4, -0.2) is 20.6 Å². The molecule has 1 unspecified atom stereocenters. The van der Waals surface area contributed by atoms with Gasteiger partial charge in [0, 0.05) is 0 Å². The molecular formula is C28H61N3. The third kappa shape index (κ3) is 47.7. The molecule has 0 spiro atoms. The zero-order valence-electron chi connectivity index (χ0n) is 22.8. The molecule has 0 aromatic rings. The van der Waals surface area contributed by atoms with E-state index in [0.29, 0.717) is 5.92 Å². The second kappa shape index (κ2) is 39.2. The van der Waals surface area contributed by atoms with E-state index in [1.54, 1.807) is 6.08 Å². The molecule has 0 radical (unpaired) electrons. The molecule has 0 saturated heterocycles. The molecule has 0 amide bonds. The SMILES string of the molecule is C=CC.C=CC(=C)C(CCCCNC)CC1CCC1.C=CN.CC(C)C.CCC.CN. The molecular weight excluding hydrogens is 378 g/mol. The molecule has 1 saturated carbocycles.